The maximum absolute atomic E-state index is 12.8. The number of hydrogen-bond donors (Lipinski definition) is 1. The number of amides is 3. The molecule has 4 rings (SSSR count). The lowest BCUT2D eigenvalue weighted by Gasteiger charge is -2.12. The first kappa shape index (κ1) is 24.9. The molecule has 1 aliphatic heterocycles. The van der Waals surface area contributed by atoms with E-state index < -0.39 is 17.1 Å². The molecule has 0 saturated carbocycles. The van der Waals surface area contributed by atoms with Gasteiger partial charge in [-0.1, -0.05) is 35.5 Å². The quantitative estimate of drug-likeness (QED) is 0.336. The molecule has 0 spiro atoms. The minimum absolute atomic E-state index is 0.280. The number of nitrogens with one attached hydrogen (secondary N) is 1. The van der Waals surface area contributed by atoms with E-state index in [1.807, 2.05) is 55.5 Å². The Bertz CT molecular complexity index is 1260. The summed E-state index contributed by atoms with van der Waals surface area (Å²) in [5, 5.41) is 2.91. The molecular weight excluding hydrogens is 504 g/mol. The average molecular weight is 525 g/mol. The zero-order chi connectivity index (χ0) is 24.8. The highest BCUT2D eigenvalue weighted by Crippen LogP contribution is 2.33. The van der Waals surface area contributed by atoms with Crippen LogP contribution in [0.5, 0.6) is 5.75 Å². The number of hydrogen-bond acceptors (Lipinski definition) is 6. The fraction of sp³-hybridized carbons (Fsp3) is 0.115. The molecule has 178 valence electrons. The summed E-state index contributed by atoms with van der Waals surface area (Å²) < 4.78 is 5.37. The van der Waals surface area contributed by atoms with Gasteiger partial charge in [-0.05, 0) is 91.0 Å². The molecule has 1 heterocycles. The Morgan fingerprint density at radius 1 is 1.00 bits per heavy atom. The van der Waals surface area contributed by atoms with Crippen LogP contribution in [0.2, 0.25) is 5.02 Å². The van der Waals surface area contributed by atoms with Crippen molar-refractivity contribution >= 4 is 63.9 Å². The lowest BCUT2D eigenvalue weighted by Crippen LogP contribution is -2.36. The Morgan fingerprint density at radius 3 is 2.26 bits per heavy atom. The highest BCUT2D eigenvalue weighted by atomic mass is 35.5. The van der Waals surface area contributed by atoms with Gasteiger partial charge in [0, 0.05) is 20.5 Å². The highest BCUT2D eigenvalue weighted by molar-refractivity contribution is 8.18. The van der Waals surface area contributed by atoms with Crippen LogP contribution in [0.15, 0.2) is 87.5 Å². The van der Waals surface area contributed by atoms with E-state index >= 15 is 0 Å². The van der Waals surface area contributed by atoms with Gasteiger partial charge in [0.1, 0.15) is 12.3 Å². The van der Waals surface area contributed by atoms with Gasteiger partial charge >= 0.3 is 0 Å². The van der Waals surface area contributed by atoms with Crippen molar-refractivity contribution < 1.29 is 19.1 Å². The summed E-state index contributed by atoms with van der Waals surface area (Å²) >= 11 is 8.35. The summed E-state index contributed by atoms with van der Waals surface area (Å²) in [6.45, 7) is 2.08. The molecule has 35 heavy (non-hydrogen) atoms. The summed E-state index contributed by atoms with van der Waals surface area (Å²) in [5.74, 6) is -0.249. The van der Waals surface area contributed by atoms with Gasteiger partial charge in [-0.3, -0.25) is 19.3 Å². The van der Waals surface area contributed by atoms with E-state index in [0.29, 0.717) is 23.1 Å². The molecule has 3 aromatic rings. The van der Waals surface area contributed by atoms with Crippen molar-refractivity contribution in [2.75, 3.05) is 18.5 Å². The smallest absolute Gasteiger partial charge is 0.294 e. The van der Waals surface area contributed by atoms with E-state index in [4.69, 9.17) is 16.3 Å². The molecule has 3 aromatic carbocycles. The minimum atomic E-state index is -0.485. The van der Waals surface area contributed by atoms with E-state index in [9.17, 15) is 14.4 Å². The molecular formula is C26H21ClN2O4S2. The number of carbonyl (C=O) groups is 3. The predicted octanol–water partition coefficient (Wildman–Crippen LogP) is 6.56. The van der Waals surface area contributed by atoms with Crippen molar-refractivity contribution in [1.82, 2.24) is 4.90 Å². The Morgan fingerprint density at radius 2 is 1.63 bits per heavy atom. The third-order valence-corrected chi connectivity index (χ3v) is 7.03. The summed E-state index contributed by atoms with van der Waals surface area (Å²) in [7, 11) is 0. The van der Waals surface area contributed by atoms with Crippen LogP contribution >= 0.6 is 35.1 Å². The molecule has 1 fully saturated rings. The van der Waals surface area contributed by atoms with Crippen LogP contribution in [0, 0.1) is 0 Å². The van der Waals surface area contributed by atoms with Gasteiger partial charge in [-0.2, -0.15) is 0 Å². The molecule has 0 atom stereocenters. The first-order valence-electron chi connectivity index (χ1n) is 10.7. The number of carbonyl (C=O) groups excluding carboxylic acids is 3. The van der Waals surface area contributed by atoms with Crippen molar-refractivity contribution in [3.05, 3.63) is 88.3 Å². The Kier molecular flexibility index (Phi) is 8.17. The summed E-state index contributed by atoms with van der Waals surface area (Å²) in [6.07, 6.45) is 1.66. The van der Waals surface area contributed by atoms with Gasteiger partial charge in [0.05, 0.1) is 11.5 Å². The van der Waals surface area contributed by atoms with Gasteiger partial charge < -0.3 is 10.1 Å². The second kappa shape index (κ2) is 11.5. The van der Waals surface area contributed by atoms with Crippen molar-refractivity contribution in [3.63, 3.8) is 0 Å². The predicted molar refractivity (Wildman–Crippen MR) is 141 cm³/mol. The third-order valence-electron chi connectivity index (χ3n) is 4.85. The fourth-order valence-electron chi connectivity index (χ4n) is 3.20. The Hall–Kier alpha value is -3.20. The normalized spacial score (nSPS) is 14.5. The largest absolute Gasteiger partial charge is 0.494 e. The van der Waals surface area contributed by atoms with E-state index in [0.717, 1.165) is 32.0 Å². The molecule has 0 aliphatic carbocycles. The van der Waals surface area contributed by atoms with Crippen LogP contribution in [0.25, 0.3) is 6.08 Å². The van der Waals surface area contributed by atoms with E-state index in [-0.39, 0.29) is 11.4 Å². The van der Waals surface area contributed by atoms with Gasteiger partial charge in [-0.25, -0.2) is 0 Å². The molecule has 1 saturated heterocycles. The number of ether oxygens (including phenoxy) is 1. The number of anilines is 1. The molecule has 0 unspecified atom stereocenters. The van der Waals surface area contributed by atoms with Crippen LogP contribution in [0.1, 0.15) is 12.5 Å². The number of nitrogens with zero attached hydrogens (tertiary/aromatic N) is 1. The highest BCUT2D eigenvalue weighted by Gasteiger charge is 2.36. The molecule has 0 aromatic heterocycles. The fourth-order valence-corrected chi connectivity index (χ4v) is 4.98. The average Bonchev–Trinajstić information content (AvgIpc) is 3.10. The second-order valence-corrected chi connectivity index (χ2v) is 9.98. The van der Waals surface area contributed by atoms with Crippen molar-refractivity contribution in [2.45, 2.75) is 16.7 Å². The maximum Gasteiger partial charge on any atom is 0.294 e. The number of imide groups is 1. The lowest BCUT2D eigenvalue weighted by atomic mass is 10.2. The monoisotopic (exact) mass is 524 g/mol. The summed E-state index contributed by atoms with van der Waals surface area (Å²) in [6, 6.07) is 22.1. The van der Waals surface area contributed by atoms with Crippen molar-refractivity contribution in [1.29, 1.82) is 0 Å². The van der Waals surface area contributed by atoms with Gasteiger partial charge in [0.25, 0.3) is 11.1 Å². The van der Waals surface area contributed by atoms with E-state index in [2.05, 4.69) is 5.32 Å². The SMILES string of the molecule is CCOc1ccc(NC(=O)CN2C(=O)S/C(=C/c3ccc(Sc4ccc(Cl)cc4)cc3)C2=O)cc1. The van der Waals surface area contributed by atoms with Gasteiger partial charge in [-0.15, -0.1) is 0 Å². The lowest BCUT2D eigenvalue weighted by molar-refractivity contribution is -0.127. The number of thioether (sulfide) groups is 1. The van der Waals surface area contributed by atoms with E-state index in [1.165, 1.54) is 0 Å². The Labute approximate surface area is 216 Å². The van der Waals surface area contributed by atoms with Crippen LogP contribution in [-0.2, 0) is 9.59 Å². The number of rotatable bonds is 8. The standard InChI is InChI=1S/C26H21ClN2O4S2/c1-2-33-20-9-7-19(8-10-20)28-24(30)16-29-25(31)23(35-26(29)32)15-17-3-11-21(12-4-17)34-22-13-5-18(27)6-14-22/h3-15H,2,16H2,1H3,(H,28,30)/b23-15+. The number of benzene rings is 3. The molecule has 1 N–H and O–H groups in total. The zero-order valence-corrected chi connectivity index (χ0v) is 21.1. The van der Waals surface area contributed by atoms with Crippen molar-refractivity contribution in [2.24, 2.45) is 0 Å². The second-order valence-electron chi connectivity index (χ2n) is 7.40. The summed E-state index contributed by atoms with van der Waals surface area (Å²) in [4.78, 5) is 40.9. The molecule has 1 aliphatic rings. The summed E-state index contributed by atoms with van der Waals surface area (Å²) in [5.41, 5.74) is 1.34. The first-order chi connectivity index (χ1) is 16.9. The Balaban J connectivity index is 1.36. The zero-order valence-electron chi connectivity index (χ0n) is 18.7. The van der Waals surface area contributed by atoms with Crippen molar-refractivity contribution in [3.8, 4) is 5.75 Å². The number of halogens is 1. The van der Waals surface area contributed by atoms with Crippen LogP contribution < -0.4 is 10.1 Å². The first-order valence-corrected chi connectivity index (χ1v) is 12.7. The molecule has 3 amide bonds. The van der Waals surface area contributed by atoms with Crippen LogP contribution in [-0.4, -0.2) is 35.1 Å². The molecule has 0 bridgehead atoms. The van der Waals surface area contributed by atoms with Gasteiger partial charge in [0.15, 0.2) is 0 Å². The van der Waals surface area contributed by atoms with E-state index in [1.54, 1.807) is 42.1 Å². The molecule has 0 radical (unpaired) electrons. The van der Waals surface area contributed by atoms with Crippen LogP contribution in [0.4, 0.5) is 10.5 Å². The minimum Gasteiger partial charge on any atom is -0.494 e. The van der Waals surface area contributed by atoms with Crippen LogP contribution in [0.3, 0.4) is 0 Å². The molecule has 6 nitrogen and oxygen atoms in total. The molecule has 9 heteroatoms. The van der Waals surface area contributed by atoms with Gasteiger partial charge in [0.2, 0.25) is 5.91 Å². The third kappa shape index (κ3) is 6.69. The topological polar surface area (TPSA) is 75.7 Å². The maximum atomic E-state index is 12.8.